The van der Waals surface area contributed by atoms with Gasteiger partial charge in [0.2, 0.25) is 0 Å². The van der Waals surface area contributed by atoms with Crippen molar-refractivity contribution in [2.75, 3.05) is 6.61 Å². The molecular formula is C44H63ClO7. The summed E-state index contributed by atoms with van der Waals surface area (Å²) >= 11 is 5.94. The largest absolute Gasteiger partial charge is 0.495 e. The number of hydrogen-bond donors (Lipinski definition) is 4. The monoisotopic (exact) mass is 738 g/mol. The van der Waals surface area contributed by atoms with Gasteiger partial charge in [-0.2, -0.15) is 0 Å². The van der Waals surface area contributed by atoms with E-state index < -0.39 is 24.4 Å². The van der Waals surface area contributed by atoms with Crippen LogP contribution in [0.1, 0.15) is 96.8 Å². The van der Waals surface area contributed by atoms with E-state index in [4.69, 9.17) is 25.8 Å². The minimum Gasteiger partial charge on any atom is -0.495 e. The topological polar surface area (TPSA) is 109 Å². The maximum absolute atomic E-state index is 10.6. The Morgan fingerprint density at radius 2 is 1.38 bits per heavy atom. The minimum atomic E-state index is -0.767. The van der Waals surface area contributed by atoms with Crippen LogP contribution >= 0.6 is 11.6 Å². The lowest BCUT2D eigenvalue weighted by Gasteiger charge is -2.25. The molecule has 0 spiro atoms. The highest BCUT2D eigenvalue weighted by Crippen LogP contribution is 2.41. The minimum absolute atomic E-state index is 0.0298. The molecule has 0 saturated heterocycles. The lowest BCUT2D eigenvalue weighted by atomic mass is 9.89. The van der Waals surface area contributed by atoms with Crippen molar-refractivity contribution in [3.8, 4) is 5.75 Å². The Morgan fingerprint density at radius 3 is 1.92 bits per heavy atom. The van der Waals surface area contributed by atoms with Crippen LogP contribution in [0.2, 0.25) is 5.02 Å². The Hall–Kier alpha value is -2.81. The fraction of sp³-hybridized carbons (Fsp3) is 0.591. The Bertz CT molecular complexity index is 1350. The van der Waals surface area contributed by atoms with Gasteiger partial charge in [0.05, 0.1) is 29.8 Å². The first-order valence-corrected chi connectivity index (χ1v) is 20.0. The van der Waals surface area contributed by atoms with Gasteiger partial charge >= 0.3 is 0 Å². The van der Waals surface area contributed by atoms with E-state index in [0.717, 1.165) is 88.6 Å². The molecule has 2 saturated carbocycles. The van der Waals surface area contributed by atoms with Crippen molar-refractivity contribution in [1.82, 2.24) is 0 Å². The van der Waals surface area contributed by atoms with Crippen LogP contribution in [0, 0.1) is 23.7 Å². The molecule has 10 atom stereocenters. The number of ether oxygens (including phenoxy) is 3. The molecule has 52 heavy (non-hydrogen) atoms. The van der Waals surface area contributed by atoms with Crippen molar-refractivity contribution in [1.29, 1.82) is 0 Å². The molecular weight excluding hydrogens is 676 g/mol. The molecule has 2 aliphatic heterocycles. The van der Waals surface area contributed by atoms with Gasteiger partial charge in [-0.25, -0.2) is 0 Å². The lowest BCUT2D eigenvalue weighted by molar-refractivity contribution is 0.0695. The van der Waals surface area contributed by atoms with Gasteiger partial charge in [0.25, 0.3) is 0 Å². The molecule has 288 valence electrons. The van der Waals surface area contributed by atoms with E-state index in [-0.39, 0.29) is 42.5 Å². The molecule has 5 rings (SSSR count). The Morgan fingerprint density at radius 1 is 0.827 bits per heavy atom. The smallest absolute Gasteiger partial charge is 0.120 e. The highest BCUT2D eigenvalue weighted by molar-refractivity contribution is 6.30. The van der Waals surface area contributed by atoms with E-state index in [2.05, 4.69) is 44.4 Å². The van der Waals surface area contributed by atoms with Gasteiger partial charge < -0.3 is 34.6 Å². The van der Waals surface area contributed by atoms with Crippen molar-refractivity contribution in [2.24, 2.45) is 23.7 Å². The molecule has 8 heteroatoms. The number of hydrogen-bond acceptors (Lipinski definition) is 7. The zero-order valence-corrected chi connectivity index (χ0v) is 31.9. The van der Waals surface area contributed by atoms with Crippen LogP contribution in [0.5, 0.6) is 5.75 Å². The summed E-state index contributed by atoms with van der Waals surface area (Å²) in [5.41, 5.74) is 0. The molecule has 0 amide bonds. The van der Waals surface area contributed by atoms with Gasteiger partial charge in [-0.3, -0.25) is 0 Å². The normalized spacial score (nSPS) is 32.0. The first kappa shape index (κ1) is 41.9. The molecule has 1 aromatic carbocycles. The molecule has 0 radical (unpaired) electrons. The fourth-order valence-electron chi connectivity index (χ4n) is 7.77. The highest BCUT2D eigenvalue weighted by atomic mass is 35.5. The van der Waals surface area contributed by atoms with Gasteiger partial charge in [0, 0.05) is 54.4 Å². The van der Waals surface area contributed by atoms with E-state index in [0.29, 0.717) is 23.6 Å². The quantitative estimate of drug-likeness (QED) is 0.132. The second-order valence-corrected chi connectivity index (χ2v) is 15.3. The van der Waals surface area contributed by atoms with Gasteiger partial charge in [-0.15, -0.1) is 0 Å². The SMILES string of the molecule is C=C1CCC/C=C\C[C@@H]2[C@@H](/C=C/C(O)CCCCC)[C@H](O)C[C@@H]2O1.C=C1CCC/C=C\C[C@@H]2[C@@H](/C=C/C(O)COc3cccc(Cl)c3)[C@H](O)C[C@@H]2O1. The number of aliphatic hydroxyl groups is 4. The fourth-order valence-corrected chi connectivity index (χ4v) is 7.95. The van der Waals surface area contributed by atoms with Crippen molar-refractivity contribution < 1.29 is 34.6 Å². The number of unbranched alkanes of at least 4 members (excludes halogenated alkanes) is 2. The molecule has 2 unspecified atom stereocenters. The maximum atomic E-state index is 10.6. The van der Waals surface area contributed by atoms with E-state index in [1.54, 1.807) is 30.3 Å². The van der Waals surface area contributed by atoms with Crippen LogP contribution in [-0.2, 0) is 9.47 Å². The summed E-state index contributed by atoms with van der Waals surface area (Å²) in [6.45, 7) is 10.3. The van der Waals surface area contributed by atoms with E-state index in [1.807, 2.05) is 18.2 Å². The number of allylic oxidation sites excluding steroid dienone is 6. The molecule has 2 fully saturated rings. The van der Waals surface area contributed by atoms with Gasteiger partial charge in [-0.05, 0) is 63.1 Å². The standard InChI is InChI=1S/C23H29ClO4.C21H34O3/c1-16-7-4-2-3-5-10-21-20(22(26)14-23(21)28-16)12-11-18(25)15-27-19-9-6-8-17(24)13-19;1-3-4-7-11-17(22)13-14-18-19-12-9-6-5-8-10-16(2)24-21(19)15-20(18)23/h3,5-6,8-9,11-13,18,20-23,25-26H,1-2,4,7,10,14-15H2;6,9,13-14,17-23H,2-5,7-8,10-12,15H2,1H3/b5-3-,12-11+;9-6-,14-13+/t18?,20-,21-,22-,23+;17?,18-,19-,20-,21+/m11/s1. The van der Waals surface area contributed by atoms with Crippen LogP contribution in [0.25, 0.3) is 0 Å². The Kier molecular flexibility index (Phi) is 18.1. The molecule has 2 aliphatic carbocycles. The first-order valence-electron chi connectivity index (χ1n) is 19.6. The number of aliphatic hydroxyl groups excluding tert-OH is 4. The van der Waals surface area contributed by atoms with Gasteiger partial charge in [0.1, 0.15) is 30.7 Å². The molecule has 1 aromatic rings. The Labute approximate surface area is 317 Å². The predicted octanol–water partition coefficient (Wildman–Crippen LogP) is 9.17. The second-order valence-electron chi connectivity index (χ2n) is 14.8. The van der Waals surface area contributed by atoms with Crippen molar-refractivity contribution >= 4 is 11.6 Å². The van der Waals surface area contributed by atoms with Crippen molar-refractivity contribution in [3.05, 3.63) is 103 Å². The highest BCUT2D eigenvalue weighted by Gasteiger charge is 2.43. The molecule has 4 aliphatic rings. The second kappa shape index (κ2) is 22.4. The third-order valence-electron chi connectivity index (χ3n) is 10.7. The third kappa shape index (κ3) is 13.9. The van der Waals surface area contributed by atoms with Crippen LogP contribution in [0.4, 0.5) is 0 Å². The van der Waals surface area contributed by atoms with Crippen LogP contribution in [-0.4, -0.2) is 63.7 Å². The molecule has 2 heterocycles. The summed E-state index contributed by atoms with van der Waals surface area (Å²) < 4.78 is 17.7. The van der Waals surface area contributed by atoms with Crippen molar-refractivity contribution in [3.63, 3.8) is 0 Å². The summed E-state index contributed by atoms with van der Waals surface area (Å²) in [6.07, 6.45) is 27.4. The zero-order valence-electron chi connectivity index (χ0n) is 31.1. The van der Waals surface area contributed by atoms with Gasteiger partial charge in [0.15, 0.2) is 0 Å². The first-order chi connectivity index (χ1) is 25.1. The molecule has 0 aromatic heterocycles. The number of benzene rings is 1. The molecule has 7 nitrogen and oxygen atoms in total. The number of fused-ring (bicyclic) bond motifs is 2. The summed E-state index contributed by atoms with van der Waals surface area (Å²) in [5.74, 6) is 2.66. The average molecular weight is 739 g/mol. The summed E-state index contributed by atoms with van der Waals surface area (Å²) in [4.78, 5) is 0. The predicted molar refractivity (Wildman–Crippen MR) is 210 cm³/mol. The van der Waals surface area contributed by atoms with Crippen LogP contribution in [0.15, 0.2) is 97.5 Å². The summed E-state index contributed by atoms with van der Waals surface area (Å²) in [6, 6.07) is 7.08. The summed E-state index contributed by atoms with van der Waals surface area (Å²) in [7, 11) is 0. The number of halogens is 1. The number of rotatable bonds is 11. The average Bonchev–Trinajstić information content (AvgIpc) is 3.57. The van der Waals surface area contributed by atoms with E-state index >= 15 is 0 Å². The zero-order chi connectivity index (χ0) is 37.3. The Balaban J connectivity index is 0.000000236. The third-order valence-corrected chi connectivity index (χ3v) is 10.9. The van der Waals surface area contributed by atoms with E-state index in [1.165, 1.54) is 0 Å². The lowest BCUT2D eigenvalue weighted by Crippen LogP contribution is -2.23. The van der Waals surface area contributed by atoms with Crippen LogP contribution in [0.3, 0.4) is 0 Å². The molecule has 0 bridgehead atoms. The van der Waals surface area contributed by atoms with E-state index in [9.17, 15) is 20.4 Å². The van der Waals surface area contributed by atoms with Gasteiger partial charge in [-0.1, -0.05) is 106 Å². The van der Waals surface area contributed by atoms with Crippen LogP contribution < -0.4 is 4.74 Å². The molecule has 4 N–H and O–H groups in total. The maximum Gasteiger partial charge on any atom is 0.120 e. The van der Waals surface area contributed by atoms with Crippen molar-refractivity contribution in [2.45, 2.75) is 133 Å². The summed E-state index contributed by atoms with van der Waals surface area (Å²) in [5, 5.41) is 42.0.